The number of unbranched alkanes of at least 4 members (excludes halogenated alkanes) is 2. The molecule has 0 radical (unpaired) electrons. The standard InChI is InChI=1S/C66H72N12O15S6/c1-32(2)38-24-44(79)52-33(3)98-63(76-52)40(25-48(80)67-4)70-57(87)42-29-94-59(72-42)37-19-20-39(61-74-47(31-97-61)78(22-12-11-17-51(84)85)66(91)93-45-21-18-36(65(89)90)23-35(45)15-9-10-16-50(82)83)69-53(37)41-28-95-62(71-41)43-30-96-64(73-43)55(56(86)34-13-7-6-8-14-34)75-49(81)26-68-58(88)54-46(27-92-5)99-60(38)77-54/h6-8,13-14,19-20,28-32,35-36,38,40,45,55-56,86H,9-12,15-18,21-27H2,1-5H3,(H,67,80)(H,68,88)(H,70,87)(H,75,81)(H,82,83)(H,84,85)(H,89,90)/t35-,36-,38?,40-,45-,55-,56-/m0/s1. The summed E-state index contributed by atoms with van der Waals surface area (Å²) in [6.07, 6.45) is -0.821. The molecule has 1 fully saturated rings. The average molecular weight is 1470 g/mol. The number of aryl methyl sites for hydroxylation is 1. The van der Waals surface area contributed by atoms with E-state index in [4.69, 9.17) is 44.4 Å². The van der Waals surface area contributed by atoms with Gasteiger partial charge >= 0.3 is 24.0 Å². The van der Waals surface area contributed by atoms with Crippen LogP contribution in [0.3, 0.4) is 0 Å². The Morgan fingerprint density at radius 2 is 1.40 bits per heavy atom. The number of carbonyl (C=O) groups is 9. The number of amides is 5. The van der Waals surface area contributed by atoms with E-state index in [0.717, 1.165) is 45.3 Å². The molecule has 2 aliphatic rings. The minimum atomic E-state index is -1.32. The molecular weight excluding hydrogens is 1390 g/mol. The fraction of sp³-hybridized carbons (Fsp3) is 0.424. The molecule has 10 rings (SSSR count). The number of aliphatic carboxylic acids is 3. The maximum Gasteiger partial charge on any atom is 0.415 e. The van der Waals surface area contributed by atoms with Crippen LogP contribution in [0, 0.1) is 24.7 Å². The summed E-state index contributed by atoms with van der Waals surface area (Å²) in [5, 5.41) is 60.6. The molecule has 33 heteroatoms. The number of fused-ring (bicyclic) bond motifs is 14. The summed E-state index contributed by atoms with van der Waals surface area (Å²) in [5.41, 5.74) is 2.36. The molecular formula is C66H72N12O15S6. The van der Waals surface area contributed by atoms with Crippen molar-refractivity contribution in [1.29, 1.82) is 0 Å². The molecule has 1 saturated carbocycles. The van der Waals surface area contributed by atoms with Crippen LogP contribution in [0.5, 0.6) is 0 Å². The zero-order chi connectivity index (χ0) is 70.6. The summed E-state index contributed by atoms with van der Waals surface area (Å²) in [6, 6.07) is 9.97. The molecule has 0 spiro atoms. The van der Waals surface area contributed by atoms with Crippen molar-refractivity contribution in [3.05, 3.63) is 111 Å². The molecule has 7 aromatic heterocycles. The maximum absolute atomic E-state index is 14.5. The number of benzene rings is 1. The number of nitrogens with zero attached hydrogens (tertiary/aromatic N) is 8. The van der Waals surface area contributed by atoms with Gasteiger partial charge in [-0.15, -0.1) is 68.0 Å². The number of pyridine rings is 1. The number of ether oxygens (including phenoxy) is 2. The van der Waals surface area contributed by atoms with Crippen LogP contribution in [0.2, 0.25) is 0 Å². The highest BCUT2D eigenvalue weighted by Gasteiger charge is 2.38. The highest BCUT2D eigenvalue weighted by Crippen LogP contribution is 2.42. The summed E-state index contributed by atoms with van der Waals surface area (Å²) < 4.78 is 11.7. The van der Waals surface area contributed by atoms with Gasteiger partial charge < -0.3 is 51.2 Å². The average Bonchev–Trinajstić information content (AvgIpc) is 1.69. The molecule has 5 amide bonds. The number of hydrogen-bond donors (Lipinski definition) is 8. The van der Waals surface area contributed by atoms with Crippen molar-refractivity contribution in [1.82, 2.24) is 56.2 Å². The monoisotopic (exact) mass is 1460 g/mol. The van der Waals surface area contributed by atoms with Crippen molar-refractivity contribution in [2.24, 2.45) is 17.8 Å². The Balaban J connectivity index is 1.03. The molecule has 1 aromatic carbocycles. The molecule has 1 aliphatic heterocycles. The van der Waals surface area contributed by atoms with Crippen molar-refractivity contribution in [3.8, 4) is 43.4 Å². The number of thiazole rings is 6. The third-order valence-electron chi connectivity index (χ3n) is 16.8. The Hall–Kier alpha value is -8.70. The largest absolute Gasteiger partial charge is 0.481 e. The van der Waals surface area contributed by atoms with Gasteiger partial charge in [-0.05, 0) is 81.4 Å². The number of hydrogen-bond acceptors (Lipinski definition) is 25. The third kappa shape index (κ3) is 18.2. The molecule has 1 unspecified atom stereocenters. The lowest BCUT2D eigenvalue weighted by Crippen LogP contribution is -2.41. The second kappa shape index (κ2) is 33.4. The SMILES string of the molecule is CNC(=O)C[C@@H]1NC(=O)c2csc(n2)-c2ccc(-c3nc(N(CCCCC(=O)O)C(=O)O[C@H]4CC[C@H](C(=O)O)C[C@@H]4CCCCC(=O)O)cs3)nc2-c2csc(n2)-c2csc(n2)[C@H]([C@@H](O)c2ccccc2)NC(=O)CNC(=O)c2nc(sc2COC)C(C(C)C)CC(=O)c2nc1sc2C. The van der Waals surface area contributed by atoms with E-state index in [2.05, 4.69) is 21.3 Å². The Bertz CT molecular complexity index is 4260. The van der Waals surface area contributed by atoms with Gasteiger partial charge in [0.05, 0.1) is 47.1 Å². The number of carbonyl (C=O) groups excluding carboxylic acids is 6. The molecule has 522 valence electrons. The van der Waals surface area contributed by atoms with Gasteiger partial charge in [0.15, 0.2) is 5.78 Å². The van der Waals surface area contributed by atoms with Crippen LogP contribution in [-0.4, -0.2) is 142 Å². The highest BCUT2D eigenvalue weighted by atomic mass is 32.1. The first-order valence-electron chi connectivity index (χ1n) is 31.9. The van der Waals surface area contributed by atoms with Crippen LogP contribution < -0.4 is 26.2 Å². The van der Waals surface area contributed by atoms with Crippen LogP contribution in [0.25, 0.3) is 43.4 Å². The van der Waals surface area contributed by atoms with Crippen LogP contribution in [0.4, 0.5) is 10.6 Å². The molecule has 8 aromatic rings. The second-order valence-electron chi connectivity index (χ2n) is 24.1. The quantitative estimate of drug-likeness (QED) is 0.0310. The number of carboxylic acid groups (broad SMARTS) is 3. The Kier molecular flexibility index (Phi) is 24.7. The smallest absolute Gasteiger partial charge is 0.415 e. The minimum absolute atomic E-state index is 0.00407. The van der Waals surface area contributed by atoms with Gasteiger partial charge in [0, 0.05) is 77.8 Å². The van der Waals surface area contributed by atoms with Crippen LogP contribution in [-0.2, 0) is 40.1 Å². The zero-order valence-electron chi connectivity index (χ0n) is 54.4. The number of methoxy groups -OCH3 is 1. The normalized spacial score (nSPS) is 18.7. The van der Waals surface area contributed by atoms with Crippen LogP contribution >= 0.6 is 68.0 Å². The Labute approximate surface area is 592 Å². The topological polar surface area (TPSA) is 395 Å². The predicted molar refractivity (Wildman–Crippen MR) is 372 cm³/mol. The van der Waals surface area contributed by atoms with Gasteiger partial charge in [-0.1, -0.05) is 50.6 Å². The number of carboxylic acids is 3. The minimum Gasteiger partial charge on any atom is -0.481 e. The molecule has 27 nitrogen and oxygen atoms in total. The number of anilines is 1. The Morgan fingerprint density at radius 1 is 0.707 bits per heavy atom. The van der Waals surface area contributed by atoms with E-state index in [0.29, 0.717) is 87.3 Å². The molecule has 7 atom stereocenters. The lowest BCUT2D eigenvalue weighted by molar-refractivity contribution is -0.144. The van der Waals surface area contributed by atoms with E-state index in [-0.39, 0.29) is 117 Å². The first-order valence-corrected chi connectivity index (χ1v) is 37.0. The first-order chi connectivity index (χ1) is 47.5. The summed E-state index contributed by atoms with van der Waals surface area (Å²) >= 11 is 7.03. The summed E-state index contributed by atoms with van der Waals surface area (Å²) in [5.74, 6) is -7.20. The highest BCUT2D eigenvalue weighted by molar-refractivity contribution is 7.15. The van der Waals surface area contributed by atoms with Gasteiger partial charge in [-0.3, -0.25) is 43.3 Å². The van der Waals surface area contributed by atoms with Gasteiger partial charge in [0.25, 0.3) is 11.8 Å². The second-order valence-corrected chi connectivity index (χ2v) is 29.9. The lowest BCUT2D eigenvalue weighted by Gasteiger charge is -2.35. The summed E-state index contributed by atoms with van der Waals surface area (Å²) in [4.78, 5) is 156. The van der Waals surface area contributed by atoms with Crippen LogP contribution in [0.15, 0.2) is 64.0 Å². The van der Waals surface area contributed by atoms with Crippen molar-refractivity contribution in [2.45, 2.75) is 135 Å². The van der Waals surface area contributed by atoms with E-state index in [9.17, 15) is 63.6 Å². The number of nitrogens with one attached hydrogen (secondary N) is 4. The summed E-state index contributed by atoms with van der Waals surface area (Å²) in [7, 11) is 2.93. The number of rotatable bonds is 21. The van der Waals surface area contributed by atoms with E-state index < -0.39 is 90.3 Å². The number of aliphatic hydroxyl groups is 1. The maximum atomic E-state index is 14.5. The van der Waals surface area contributed by atoms with Gasteiger partial charge in [0.1, 0.15) is 83.3 Å². The van der Waals surface area contributed by atoms with Crippen molar-refractivity contribution >= 4 is 127 Å². The summed E-state index contributed by atoms with van der Waals surface area (Å²) in [6.45, 7) is 5.07. The van der Waals surface area contributed by atoms with Crippen molar-refractivity contribution in [3.63, 3.8) is 0 Å². The fourth-order valence-electron chi connectivity index (χ4n) is 11.6. The fourth-order valence-corrected chi connectivity index (χ4v) is 17.2. The molecule has 99 heavy (non-hydrogen) atoms. The number of Topliss-reactive ketones (excluding diaryl/α,β-unsaturated/α-hetero) is 1. The predicted octanol–water partition coefficient (Wildman–Crippen LogP) is 10.9. The zero-order valence-corrected chi connectivity index (χ0v) is 59.3. The van der Waals surface area contributed by atoms with Gasteiger partial charge in [-0.25, -0.2) is 39.7 Å². The van der Waals surface area contributed by atoms with Gasteiger partial charge in [0.2, 0.25) is 11.8 Å². The number of aliphatic hydroxyl groups excluding tert-OH is 1. The Morgan fingerprint density at radius 3 is 2.13 bits per heavy atom. The molecule has 10 bridgehead atoms. The number of aromatic nitrogens is 7. The number of ketones is 1. The van der Waals surface area contributed by atoms with Crippen molar-refractivity contribution < 1.29 is 73.1 Å². The van der Waals surface area contributed by atoms with E-state index in [1.165, 1.54) is 41.7 Å². The van der Waals surface area contributed by atoms with E-state index >= 15 is 0 Å². The van der Waals surface area contributed by atoms with Crippen molar-refractivity contribution in [2.75, 3.05) is 32.1 Å². The first kappa shape index (κ1) is 73.0. The molecule has 8 N–H and O–H groups in total. The molecule has 0 saturated heterocycles. The van der Waals surface area contributed by atoms with Gasteiger partial charge in [-0.2, -0.15) is 0 Å². The van der Waals surface area contributed by atoms with E-state index in [1.807, 2.05) is 13.8 Å². The van der Waals surface area contributed by atoms with E-state index in [1.54, 1.807) is 70.9 Å². The third-order valence-corrected chi connectivity index (χ3v) is 22.6. The lowest BCUT2D eigenvalue weighted by atomic mass is 9.77. The molecule has 1 aliphatic carbocycles. The van der Waals surface area contributed by atoms with Crippen LogP contribution in [0.1, 0.15) is 177 Å². The molecule has 8 heterocycles.